The van der Waals surface area contributed by atoms with E-state index in [1.54, 1.807) is 0 Å². The molecule has 5 nitrogen and oxygen atoms in total. The molecule has 56 heavy (non-hydrogen) atoms. The molecule has 2 unspecified atom stereocenters. The second-order valence-corrected chi connectivity index (χ2v) is 32.0. The second-order valence-electron chi connectivity index (χ2n) is 16.6. The van der Waals surface area contributed by atoms with E-state index in [0.29, 0.717) is 29.6 Å². The zero-order chi connectivity index (χ0) is 42.9. The van der Waals surface area contributed by atoms with Crippen LogP contribution in [-0.4, -0.2) is 24.6 Å². The predicted molar refractivity (Wildman–Crippen MR) is 249 cm³/mol. The minimum atomic E-state index is -3.11. The molecular weight excluding hydrogens is 814 g/mol. The van der Waals surface area contributed by atoms with Crippen LogP contribution >= 0.6 is 37.2 Å². The third-order valence-corrected chi connectivity index (χ3v) is 10.1. The number of hydrogen-bond acceptors (Lipinski definition) is 5. The fourth-order valence-corrected chi connectivity index (χ4v) is 7.01. The van der Waals surface area contributed by atoms with Crippen molar-refractivity contribution in [3.05, 3.63) is 81.2 Å². The molecule has 0 aromatic heterocycles. The summed E-state index contributed by atoms with van der Waals surface area (Å²) in [4.78, 5) is 17.3. The van der Waals surface area contributed by atoms with E-state index in [0.717, 1.165) is 37.3 Å². The molecule has 4 N–H and O–H groups in total. The van der Waals surface area contributed by atoms with Gasteiger partial charge < -0.3 is 16.4 Å². The summed E-state index contributed by atoms with van der Waals surface area (Å²) in [7, 11) is 20.1. The number of Topliss-reactive ketones (excluding diaryl/α,β-unsaturated/α-hetero) is 1. The maximum absolute atomic E-state index is 12.4. The summed E-state index contributed by atoms with van der Waals surface area (Å²) in [6.45, 7) is 32.7. The Bertz CT molecular complexity index is 1560. The van der Waals surface area contributed by atoms with Crippen LogP contribution in [0.15, 0.2) is 63.9 Å². The van der Waals surface area contributed by atoms with E-state index >= 15 is 0 Å². The first-order valence-corrected chi connectivity index (χ1v) is 29.4. The first-order chi connectivity index (χ1) is 26.1. The van der Waals surface area contributed by atoms with Crippen molar-refractivity contribution >= 4 is 60.1 Å². The number of para-hydroxylation sites is 2. The van der Waals surface area contributed by atoms with Gasteiger partial charge in [-0.05, 0) is 103 Å². The summed E-state index contributed by atoms with van der Waals surface area (Å²) >= 11 is -3.11. The van der Waals surface area contributed by atoms with Crippen LogP contribution in [0.4, 0.5) is 11.4 Å². The molecule has 0 heterocycles. The number of allylic oxidation sites excluding steroid dienone is 4. The van der Waals surface area contributed by atoms with Crippen molar-refractivity contribution in [2.24, 2.45) is 22.6 Å². The molecule has 0 amide bonds. The van der Waals surface area contributed by atoms with Crippen molar-refractivity contribution in [3.8, 4) is 0 Å². The minimum absolute atomic E-state index is 0.112. The SMILES string of the molecule is CC1=C(Nc2c(C(C)C)cccc2C(C)C)C(=O)C(C)C1.CCCCN.CCCCN=C1C(Nc2c(C(C)C)cccc2C(C)C)=C(C)CC1C.[Cl][Ti]([Cl])([Cl])[Cl]. The van der Waals surface area contributed by atoms with Gasteiger partial charge in [0.2, 0.25) is 0 Å². The molecule has 4 rings (SSSR count). The first-order valence-electron chi connectivity index (χ1n) is 20.8. The van der Waals surface area contributed by atoms with Crippen molar-refractivity contribution in [2.75, 3.05) is 23.7 Å². The van der Waals surface area contributed by atoms with Gasteiger partial charge in [-0.2, -0.15) is 0 Å². The van der Waals surface area contributed by atoms with Crippen LogP contribution in [-0.2, 0) is 17.1 Å². The van der Waals surface area contributed by atoms with Crippen molar-refractivity contribution in [3.63, 3.8) is 0 Å². The summed E-state index contributed by atoms with van der Waals surface area (Å²) < 4.78 is 0. The van der Waals surface area contributed by atoms with E-state index in [9.17, 15) is 4.79 Å². The molecule has 2 aliphatic carbocycles. The monoisotopic (exact) mass is 886 g/mol. The number of hydrogen-bond donors (Lipinski definition) is 3. The van der Waals surface area contributed by atoms with Crippen LogP contribution in [0.3, 0.4) is 0 Å². The molecule has 316 valence electrons. The molecule has 0 saturated heterocycles. The van der Waals surface area contributed by atoms with Gasteiger partial charge >= 0.3 is 49.6 Å². The second kappa shape index (κ2) is 26.0. The number of unbranched alkanes of at least 4 members (excludes halogenated alkanes) is 2. The van der Waals surface area contributed by atoms with E-state index in [4.69, 9.17) is 47.9 Å². The van der Waals surface area contributed by atoms with Crippen LogP contribution < -0.4 is 16.4 Å². The number of carbonyl (C=O) groups is 1. The molecule has 0 fully saturated rings. The Labute approximate surface area is 361 Å². The normalized spacial score (nSPS) is 17.7. The number of carbonyl (C=O) groups excluding carboxylic acids is 1. The van der Waals surface area contributed by atoms with Crippen molar-refractivity contribution < 1.29 is 17.1 Å². The molecule has 2 aromatic rings. The number of nitrogens with two attached hydrogens (primary N) is 1. The van der Waals surface area contributed by atoms with Gasteiger partial charge in [-0.15, -0.1) is 0 Å². The van der Waals surface area contributed by atoms with Crippen molar-refractivity contribution in [1.82, 2.24) is 0 Å². The molecule has 0 aliphatic heterocycles. The molecule has 0 saturated carbocycles. The summed E-state index contributed by atoms with van der Waals surface area (Å²) in [5.41, 5.74) is 19.0. The number of ketones is 1. The van der Waals surface area contributed by atoms with Crippen LogP contribution in [0.1, 0.15) is 181 Å². The fraction of sp³-hybridized carbons (Fsp3) is 0.609. The van der Waals surface area contributed by atoms with E-state index in [1.807, 2.05) is 6.92 Å². The van der Waals surface area contributed by atoms with Gasteiger partial charge in [-0.1, -0.05) is 132 Å². The van der Waals surface area contributed by atoms with Gasteiger partial charge in [0.05, 0.1) is 17.1 Å². The van der Waals surface area contributed by atoms with Crippen LogP contribution in [0.2, 0.25) is 0 Å². The molecule has 2 atom stereocenters. The number of nitrogens with zero attached hydrogens (tertiary/aromatic N) is 1. The van der Waals surface area contributed by atoms with Gasteiger partial charge in [-0.25, -0.2) is 0 Å². The standard InChI is InChI=1S/C23H36N2.C19H27NO.C4H11N.4ClH.Ti/c1-8-9-13-24-21-17(6)14-18(7)22(21)25-23-19(15(2)3)11-10-12-20(23)16(4)5;1-11(2)15-8-7-9-16(12(3)4)18(15)20-17-13(5)10-14(6)19(17)21;1-2-3-4-5;;;;;/h10-12,15-17,25H,8-9,13-14H2,1-7H3;7-9,11-12,14,20H,10H2,1-6H3;2-5H2,1H3;4*1H;/q;;;;;;;+4/p-4. The summed E-state index contributed by atoms with van der Waals surface area (Å²) in [6, 6.07) is 13.2. The molecule has 2 aliphatic rings. The number of anilines is 2. The van der Waals surface area contributed by atoms with Crippen LogP contribution in [0.5, 0.6) is 0 Å². The predicted octanol–water partition coefficient (Wildman–Crippen LogP) is 15.6. The molecule has 0 bridgehead atoms. The van der Waals surface area contributed by atoms with Crippen LogP contribution in [0.25, 0.3) is 0 Å². The molecular formula is C46H74Cl4N4OTi. The van der Waals surface area contributed by atoms with Gasteiger partial charge in [-0.3, -0.25) is 9.79 Å². The van der Waals surface area contributed by atoms with Crippen molar-refractivity contribution in [2.45, 2.75) is 159 Å². The molecule has 0 spiro atoms. The van der Waals surface area contributed by atoms with E-state index in [2.05, 4.69) is 137 Å². The zero-order valence-electron chi connectivity index (χ0n) is 37.0. The Morgan fingerprint density at radius 2 is 1.04 bits per heavy atom. The van der Waals surface area contributed by atoms with E-state index in [-0.39, 0.29) is 11.7 Å². The number of nitrogens with one attached hydrogen (secondary N) is 2. The third kappa shape index (κ3) is 17.5. The fourth-order valence-electron chi connectivity index (χ4n) is 7.01. The van der Waals surface area contributed by atoms with Gasteiger partial charge in [0, 0.05) is 29.8 Å². The number of rotatable bonds is 13. The average Bonchev–Trinajstić information content (AvgIpc) is 3.50. The Morgan fingerprint density at radius 3 is 1.34 bits per heavy atom. The van der Waals surface area contributed by atoms with Gasteiger partial charge in [0.15, 0.2) is 5.78 Å². The summed E-state index contributed by atoms with van der Waals surface area (Å²) in [6.07, 6.45) is 6.75. The quantitative estimate of drug-likeness (QED) is 0.138. The Balaban J connectivity index is 0.000000455. The zero-order valence-corrected chi connectivity index (χ0v) is 41.6. The molecule has 0 radical (unpaired) electrons. The molecule has 10 heteroatoms. The number of benzene rings is 2. The van der Waals surface area contributed by atoms with Crippen molar-refractivity contribution in [1.29, 1.82) is 0 Å². The van der Waals surface area contributed by atoms with E-state index in [1.165, 1.54) is 76.2 Å². The van der Waals surface area contributed by atoms with Gasteiger partial charge in [0.1, 0.15) is 0 Å². The molecule has 2 aromatic carbocycles. The first kappa shape index (κ1) is 52.7. The summed E-state index contributed by atoms with van der Waals surface area (Å²) in [5.74, 6) is 2.75. The topological polar surface area (TPSA) is 79.5 Å². The maximum atomic E-state index is 12.4. The van der Waals surface area contributed by atoms with E-state index < -0.39 is 12.3 Å². The Morgan fingerprint density at radius 1 is 0.679 bits per heavy atom. The van der Waals surface area contributed by atoms with Crippen LogP contribution in [0, 0.1) is 11.8 Å². The third-order valence-electron chi connectivity index (χ3n) is 10.1. The average molecular weight is 889 g/mol. The number of halogens is 4. The van der Waals surface area contributed by atoms with Gasteiger partial charge in [0.25, 0.3) is 0 Å². The Kier molecular flexibility index (Phi) is 24.5. The number of aliphatic imine (C=N–C) groups is 1. The Hall–Kier alpha value is -1.31. The summed E-state index contributed by atoms with van der Waals surface area (Å²) in [5, 5.41) is 7.35.